The summed E-state index contributed by atoms with van der Waals surface area (Å²) in [6.07, 6.45) is 3.64. The summed E-state index contributed by atoms with van der Waals surface area (Å²) in [4.78, 5) is 2.35. The lowest BCUT2D eigenvalue weighted by Crippen LogP contribution is -2.39. The number of hydrogen-bond donors (Lipinski definition) is 1. The van der Waals surface area contributed by atoms with Gasteiger partial charge in [0.1, 0.15) is 0 Å². The Morgan fingerprint density at radius 2 is 2.00 bits per heavy atom. The predicted molar refractivity (Wildman–Crippen MR) is 60.9 cm³/mol. The van der Waals surface area contributed by atoms with E-state index in [1.54, 1.807) is 14.2 Å². The van der Waals surface area contributed by atoms with Gasteiger partial charge in [0, 0.05) is 26.8 Å². The van der Waals surface area contributed by atoms with Crippen molar-refractivity contribution in [1.82, 2.24) is 10.2 Å². The maximum Gasteiger partial charge on any atom is 0.169 e. The third kappa shape index (κ3) is 4.47. The van der Waals surface area contributed by atoms with Crippen molar-refractivity contribution >= 4 is 0 Å². The van der Waals surface area contributed by atoms with Gasteiger partial charge in [-0.1, -0.05) is 0 Å². The van der Waals surface area contributed by atoms with Crippen molar-refractivity contribution < 1.29 is 9.47 Å². The van der Waals surface area contributed by atoms with Gasteiger partial charge in [-0.3, -0.25) is 4.90 Å². The van der Waals surface area contributed by atoms with Crippen LogP contribution in [0.5, 0.6) is 0 Å². The average Bonchev–Trinajstić information content (AvgIpc) is 2.54. The second kappa shape index (κ2) is 7.17. The van der Waals surface area contributed by atoms with Gasteiger partial charge in [0.2, 0.25) is 0 Å². The number of hydrogen-bond acceptors (Lipinski definition) is 4. The fourth-order valence-corrected chi connectivity index (χ4v) is 2.07. The van der Waals surface area contributed by atoms with E-state index in [4.69, 9.17) is 9.47 Å². The van der Waals surface area contributed by atoms with E-state index in [9.17, 15) is 0 Å². The van der Waals surface area contributed by atoms with Crippen LogP contribution in [0.25, 0.3) is 0 Å². The van der Waals surface area contributed by atoms with Crippen molar-refractivity contribution in [3.05, 3.63) is 0 Å². The topological polar surface area (TPSA) is 33.7 Å². The van der Waals surface area contributed by atoms with E-state index in [0.29, 0.717) is 6.04 Å². The van der Waals surface area contributed by atoms with Crippen molar-refractivity contribution in [3.8, 4) is 0 Å². The summed E-state index contributed by atoms with van der Waals surface area (Å²) in [5.74, 6) is 0. The molecule has 1 heterocycles. The summed E-state index contributed by atoms with van der Waals surface area (Å²) < 4.78 is 10.4. The van der Waals surface area contributed by atoms with Gasteiger partial charge in [0.25, 0.3) is 0 Å². The molecule has 1 aliphatic rings. The van der Waals surface area contributed by atoms with Gasteiger partial charge in [-0.25, -0.2) is 0 Å². The van der Waals surface area contributed by atoms with Crippen LogP contribution in [0.15, 0.2) is 0 Å². The Morgan fingerprint density at radius 3 is 2.67 bits per heavy atom. The van der Waals surface area contributed by atoms with Crippen LogP contribution in [0.4, 0.5) is 0 Å². The fourth-order valence-electron chi connectivity index (χ4n) is 2.07. The standard InChI is InChI=1S/C11H24N2O2/c1-13(9-11(14-2)15-3)10-5-4-7-12-8-6-10/h10-12H,4-9H2,1-3H3. The summed E-state index contributed by atoms with van der Waals surface area (Å²) >= 11 is 0. The number of nitrogens with one attached hydrogen (secondary N) is 1. The fraction of sp³-hybridized carbons (Fsp3) is 1.00. The van der Waals surface area contributed by atoms with E-state index >= 15 is 0 Å². The lowest BCUT2D eigenvalue weighted by atomic mass is 10.1. The number of rotatable bonds is 5. The zero-order chi connectivity index (χ0) is 11.1. The van der Waals surface area contributed by atoms with Gasteiger partial charge < -0.3 is 14.8 Å². The zero-order valence-corrected chi connectivity index (χ0v) is 10.2. The van der Waals surface area contributed by atoms with E-state index in [2.05, 4.69) is 17.3 Å². The first-order chi connectivity index (χ1) is 7.27. The normalized spacial score (nSPS) is 23.4. The van der Waals surface area contributed by atoms with E-state index in [-0.39, 0.29) is 6.29 Å². The molecule has 0 saturated carbocycles. The van der Waals surface area contributed by atoms with Gasteiger partial charge in [0.05, 0.1) is 0 Å². The minimum atomic E-state index is -0.105. The number of ether oxygens (including phenoxy) is 2. The molecule has 1 saturated heterocycles. The molecule has 0 bridgehead atoms. The Bertz CT molecular complexity index is 155. The molecule has 0 aliphatic carbocycles. The molecule has 90 valence electrons. The van der Waals surface area contributed by atoms with Crippen LogP contribution in [0.1, 0.15) is 19.3 Å². The van der Waals surface area contributed by atoms with Crippen molar-refractivity contribution in [2.75, 3.05) is 40.9 Å². The molecule has 1 rings (SSSR count). The second-order valence-electron chi connectivity index (χ2n) is 4.18. The predicted octanol–water partition coefficient (Wildman–Crippen LogP) is 0.679. The van der Waals surface area contributed by atoms with Crippen LogP contribution < -0.4 is 5.32 Å². The van der Waals surface area contributed by atoms with Crippen LogP contribution in [-0.2, 0) is 9.47 Å². The Morgan fingerprint density at radius 1 is 1.27 bits per heavy atom. The first-order valence-electron chi connectivity index (χ1n) is 5.74. The molecule has 0 aromatic rings. The molecule has 0 spiro atoms. The highest BCUT2D eigenvalue weighted by Gasteiger charge is 2.19. The molecule has 1 N–H and O–H groups in total. The number of nitrogens with zero attached hydrogens (tertiary/aromatic N) is 1. The zero-order valence-electron chi connectivity index (χ0n) is 10.2. The van der Waals surface area contributed by atoms with E-state index < -0.39 is 0 Å². The maximum absolute atomic E-state index is 5.21. The van der Waals surface area contributed by atoms with E-state index in [0.717, 1.165) is 19.6 Å². The Hall–Kier alpha value is -0.160. The molecule has 4 nitrogen and oxygen atoms in total. The van der Waals surface area contributed by atoms with Crippen LogP contribution in [-0.4, -0.2) is 58.1 Å². The van der Waals surface area contributed by atoms with Gasteiger partial charge in [0.15, 0.2) is 6.29 Å². The van der Waals surface area contributed by atoms with Gasteiger partial charge in [-0.05, 0) is 39.4 Å². The third-order valence-electron chi connectivity index (χ3n) is 3.13. The maximum atomic E-state index is 5.21. The lowest BCUT2D eigenvalue weighted by Gasteiger charge is -2.29. The molecular weight excluding hydrogens is 192 g/mol. The van der Waals surface area contributed by atoms with Gasteiger partial charge in [-0.15, -0.1) is 0 Å². The van der Waals surface area contributed by atoms with Crippen LogP contribution in [0.2, 0.25) is 0 Å². The van der Waals surface area contributed by atoms with Crippen molar-refractivity contribution in [2.24, 2.45) is 0 Å². The average molecular weight is 216 g/mol. The van der Waals surface area contributed by atoms with Gasteiger partial charge >= 0.3 is 0 Å². The van der Waals surface area contributed by atoms with E-state index in [1.807, 2.05) is 0 Å². The Labute approximate surface area is 92.9 Å². The SMILES string of the molecule is COC(CN(C)C1CCCNCC1)OC. The monoisotopic (exact) mass is 216 g/mol. The largest absolute Gasteiger partial charge is 0.355 e. The summed E-state index contributed by atoms with van der Waals surface area (Å²) in [5.41, 5.74) is 0. The van der Waals surface area contributed by atoms with Crippen molar-refractivity contribution in [3.63, 3.8) is 0 Å². The molecule has 0 radical (unpaired) electrons. The highest BCUT2D eigenvalue weighted by Crippen LogP contribution is 2.12. The summed E-state index contributed by atoms with van der Waals surface area (Å²) in [5, 5.41) is 3.42. The third-order valence-corrected chi connectivity index (χ3v) is 3.13. The lowest BCUT2D eigenvalue weighted by molar-refractivity contribution is -0.117. The molecule has 0 aromatic heterocycles. The molecule has 1 unspecified atom stereocenters. The minimum absolute atomic E-state index is 0.105. The van der Waals surface area contributed by atoms with Gasteiger partial charge in [-0.2, -0.15) is 0 Å². The molecule has 0 aromatic carbocycles. The molecule has 4 heteroatoms. The summed E-state index contributed by atoms with van der Waals surface area (Å²) in [6, 6.07) is 0.660. The summed E-state index contributed by atoms with van der Waals surface area (Å²) in [7, 11) is 5.54. The number of methoxy groups -OCH3 is 2. The van der Waals surface area contributed by atoms with Crippen LogP contribution in [0, 0.1) is 0 Å². The molecule has 15 heavy (non-hydrogen) atoms. The van der Waals surface area contributed by atoms with Crippen LogP contribution >= 0.6 is 0 Å². The molecule has 1 fully saturated rings. The molecular formula is C11H24N2O2. The van der Waals surface area contributed by atoms with E-state index in [1.165, 1.54) is 19.3 Å². The molecule has 1 aliphatic heterocycles. The second-order valence-corrected chi connectivity index (χ2v) is 4.18. The first-order valence-corrected chi connectivity index (χ1v) is 5.74. The smallest absolute Gasteiger partial charge is 0.169 e. The van der Waals surface area contributed by atoms with Crippen LogP contribution in [0.3, 0.4) is 0 Å². The first kappa shape index (κ1) is 12.9. The minimum Gasteiger partial charge on any atom is -0.355 e. The highest BCUT2D eigenvalue weighted by atomic mass is 16.7. The summed E-state index contributed by atoms with van der Waals surface area (Å²) in [6.45, 7) is 3.12. The van der Waals surface area contributed by atoms with Crippen molar-refractivity contribution in [1.29, 1.82) is 0 Å². The number of likely N-dealkylation sites (N-methyl/N-ethyl adjacent to an activating group) is 1. The highest BCUT2D eigenvalue weighted by molar-refractivity contribution is 4.74. The molecule has 1 atom stereocenters. The van der Waals surface area contributed by atoms with Crippen molar-refractivity contribution in [2.45, 2.75) is 31.6 Å². The molecule has 0 amide bonds. The Kier molecular flexibility index (Phi) is 6.17. The Balaban J connectivity index is 2.33. The quantitative estimate of drug-likeness (QED) is 0.685.